The average Bonchev–Trinajstić information content (AvgIpc) is 2.28. The predicted molar refractivity (Wildman–Crippen MR) is 78.1 cm³/mol. The summed E-state index contributed by atoms with van der Waals surface area (Å²) in [7, 11) is 3.05. The maximum Gasteiger partial charge on any atom is 0.00950 e. The molecular formula is C13H22BrP. The molecule has 0 heterocycles. The van der Waals surface area contributed by atoms with Gasteiger partial charge < -0.3 is 0 Å². The first kappa shape index (κ1) is 15.1. The van der Waals surface area contributed by atoms with Gasteiger partial charge in [-0.25, -0.2) is 0 Å². The second kappa shape index (κ2) is 6.66. The molecule has 0 spiro atoms. The van der Waals surface area contributed by atoms with E-state index in [0.717, 1.165) is 6.42 Å². The number of benzene rings is 1. The molecule has 0 bridgehead atoms. The molecule has 0 aromatic heterocycles. The van der Waals surface area contributed by atoms with Crippen LogP contribution in [0.25, 0.3) is 0 Å². The van der Waals surface area contributed by atoms with Crippen LogP contribution in [0.15, 0.2) is 24.3 Å². The summed E-state index contributed by atoms with van der Waals surface area (Å²) in [5, 5.41) is 0.284. The van der Waals surface area contributed by atoms with Gasteiger partial charge in [-0.3, -0.25) is 0 Å². The number of aryl methyl sites for hydroxylation is 1. The Kier molecular flexibility index (Phi) is 6.71. The molecule has 0 aliphatic carbocycles. The van der Waals surface area contributed by atoms with Gasteiger partial charge in [0.05, 0.1) is 0 Å². The van der Waals surface area contributed by atoms with Crippen LogP contribution in [0, 0.1) is 0 Å². The summed E-state index contributed by atoms with van der Waals surface area (Å²) in [4.78, 5) is 0. The predicted octanol–water partition coefficient (Wildman–Crippen LogP) is 4.72. The lowest BCUT2D eigenvalue weighted by Gasteiger charge is -2.29. The number of halogens is 1. The van der Waals surface area contributed by atoms with Gasteiger partial charge >= 0.3 is 0 Å². The molecule has 2 heteroatoms. The van der Waals surface area contributed by atoms with E-state index < -0.39 is 0 Å². The molecule has 0 saturated carbocycles. The number of rotatable bonds is 4. The maximum absolute atomic E-state index is 3.05. The van der Waals surface area contributed by atoms with Crippen LogP contribution in [0.1, 0.15) is 44.7 Å². The summed E-state index contributed by atoms with van der Waals surface area (Å²) >= 11 is 0. The van der Waals surface area contributed by atoms with E-state index in [1.54, 1.807) is 0 Å². The SMILES string of the molecule is Br.CCc1ccccc1C(P)(CC)CC. The van der Waals surface area contributed by atoms with E-state index >= 15 is 0 Å². The Morgan fingerprint density at radius 1 is 1.07 bits per heavy atom. The summed E-state index contributed by atoms with van der Waals surface area (Å²) < 4.78 is 0. The molecule has 0 fully saturated rings. The second-order valence-electron chi connectivity index (χ2n) is 3.87. The fraction of sp³-hybridized carbons (Fsp3) is 0.538. The van der Waals surface area contributed by atoms with Crippen molar-refractivity contribution in [1.29, 1.82) is 0 Å². The van der Waals surface area contributed by atoms with Crippen molar-refractivity contribution >= 4 is 26.2 Å². The highest BCUT2D eigenvalue weighted by atomic mass is 79.9. The zero-order valence-electron chi connectivity index (χ0n) is 9.92. The highest BCUT2D eigenvalue weighted by molar-refractivity contribution is 8.93. The van der Waals surface area contributed by atoms with Crippen LogP contribution in [0.4, 0.5) is 0 Å². The Morgan fingerprint density at radius 2 is 1.60 bits per heavy atom. The van der Waals surface area contributed by atoms with Crippen LogP contribution in [0.3, 0.4) is 0 Å². The smallest absolute Gasteiger partial charge is 0.00950 e. The van der Waals surface area contributed by atoms with E-state index in [9.17, 15) is 0 Å². The van der Waals surface area contributed by atoms with Gasteiger partial charge in [0.25, 0.3) is 0 Å². The van der Waals surface area contributed by atoms with Crippen molar-refractivity contribution in [2.75, 3.05) is 0 Å². The van der Waals surface area contributed by atoms with Crippen LogP contribution in [0.5, 0.6) is 0 Å². The standard InChI is InChI=1S/C13H21P.BrH/c1-4-11-9-7-8-10-12(11)13(14,5-2)6-3;/h7-10H,4-6,14H2,1-3H3;1H. The minimum absolute atomic E-state index is 0. The summed E-state index contributed by atoms with van der Waals surface area (Å²) in [6.07, 6.45) is 3.50. The normalized spacial score (nSPS) is 10.9. The van der Waals surface area contributed by atoms with E-state index in [0.29, 0.717) is 0 Å². The monoisotopic (exact) mass is 288 g/mol. The van der Waals surface area contributed by atoms with Crippen LogP contribution in [-0.2, 0) is 11.6 Å². The van der Waals surface area contributed by atoms with Gasteiger partial charge in [0.1, 0.15) is 0 Å². The molecule has 0 nitrogen and oxygen atoms in total. The van der Waals surface area contributed by atoms with Crippen molar-refractivity contribution in [3.8, 4) is 0 Å². The van der Waals surface area contributed by atoms with E-state index in [1.807, 2.05) is 0 Å². The van der Waals surface area contributed by atoms with E-state index in [2.05, 4.69) is 54.3 Å². The van der Waals surface area contributed by atoms with Crippen molar-refractivity contribution in [1.82, 2.24) is 0 Å². The van der Waals surface area contributed by atoms with E-state index in [-0.39, 0.29) is 22.1 Å². The van der Waals surface area contributed by atoms with Gasteiger partial charge in [0, 0.05) is 5.16 Å². The highest BCUT2D eigenvalue weighted by Gasteiger charge is 2.24. The van der Waals surface area contributed by atoms with Crippen molar-refractivity contribution in [2.24, 2.45) is 0 Å². The van der Waals surface area contributed by atoms with Crippen molar-refractivity contribution in [2.45, 2.75) is 45.2 Å². The molecule has 1 aromatic rings. The zero-order valence-corrected chi connectivity index (χ0v) is 12.8. The Bertz CT molecular complexity index is 292. The third-order valence-electron chi connectivity index (χ3n) is 3.20. The van der Waals surface area contributed by atoms with Gasteiger partial charge in [0.15, 0.2) is 0 Å². The van der Waals surface area contributed by atoms with E-state index in [1.165, 1.54) is 24.0 Å². The fourth-order valence-corrected chi connectivity index (χ4v) is 2.23. The van der Waals surface area contributed by atoms with Gasteiger partial charge in [0.2, 0.25) is 0 Å². The fourth-order valence-electron chi connectivity index (χ4n) is 1.95. The third kappa shape index (κ3) is 3.29. The van der Waals surface area contributed by atoms with Crippen molar-refractivity contribution in [3.63, 3.8) is 0 Å². The molecule has 1 rings (SSSR count). The van der Waals surface area contributed by atoms with Crippen molar-refractivity contribution < 1.29 is 0 Å². The van der Waals surface area contributed by atoms with Crippen molar-refractivity contribution in [3.05, 3.63) is 35.4 Å². The van der Waals surface area contributed by atoms with Crippen LogP contribution in [0.2, 0.25) is 0 Å². The Labute approximate surface area is 107 Å². The molecule has 0 radical (unpaired) electrons. The summed E-state index contributed by atoms with van der Waals surface area (Å²) in [6.45, 7) is 6.76. The van der Waals surface area contributed by atoms with Gasteiger partial charge in [-0.15, -0.1) is 26.2 Å². The molecule has 86 valence electrons. The maximum atomic E-state index is 3.05. The van der Waals surface area contributed by atoms with Crippen LogP contribution in [-0.4, -0.2) is 0 Å². The Hall–Kier alpha value is 0.130. The highest BCUT2D eigenvalue weighted by Crippen LogP contribution is 2.40. The summed E-state index contributed by atoms with van der Waals surface area (Å²) in [6, 6.07) is 8.82. The van der Waals surface area contributed by atoms with E-state index in [4.69, 9.17) is 0 Å². The first-order valence-corrected chi connectivity index (χ1v) is 6.13. The van der Waals surface area contributed by atoms with Crippen LogP contribution >= 0.6 is 26.2 Å². The molecule has 15 heavy (non-hydrogen) atoms. The minimum atomic E-state index is 0. The first-order valence-electron chi connectivity index (χ1n) is 5.55. The molecular weight excluding hydrogens is 267 g/mol. The largest absolute Gasteiger partial charge is 0.126 e. The Morgan fingerprint density at radius 3 is 2.07 bits per heavy atom. The van der Waals surface area contributed by atoms with Gasteiger partial charge in [-0.1, -0.05) is 45.0 Å². The zero-order chi connectivity index (χ0) is 10.6. The number of hydrogen-bond acceptors (Lipinski definition) is 0. The molecule has 0 aliphatic heterocycles. The van der Waals surface area contributed by atoms with Gasteiger partial charge in [-0.2, -0.15) is 0 Å². The first-order chi connectivity index (χ1) is 6.68. The molecule has 1 aromatic carbocycles. The third-order valence-corrected chi connectivity index (χ3v) is 4.32. The summed E-state index contributed by atoms with van der Waals surface area (Å²) in [5.74, 6) is 0. The molecule has 1 unspecified atom stereocenters. The summed E-state index contributed by atoms with van der Waals surface area (Å²) in [5.41, 5.74) is 3.00. The lowest BCUT2D eigenvalue weighted by molar-refractivity contribution is 0.573. The lowest BCUT2D eigenvalue weighted by atomic mass is 9.88. The molecule has 0 aliphatic rings. The van der Waals surface area contributed by atoms with Gasteiger partial charge in [-0.05, 0) is 30.4 Å². The minimum Gasteiger partial charge on any atom is -0.126 e. The molecule has 1 atom stereocenters. The second-order valence-corrected chi connectivity index (χ2v) is 4.98. The lowest BCUT2D eigenvalue weighted by Crippen LogP contribution is -2.17. The quantitative estimate of drug-likeness (QED) is 0.704. The molecule has 0 saturated heterocycles. The number of hydrogen-bond donors (Lipinski definition) is 0. The Balaban J connectivity index is 0.00000196. The van der Waals surface area contributed by atoms with Crippen LogP contribution < -0.4 is 0 Å². The molecule has 0 N–H and O–H groups in total. The molecule has 0 amide bonds. The average molecular weight is 289 g/mol. The topological polar surface area (TPSA) is 0 Å².